The first-order valence-corrected chi connectivity index (χ1v) is 11.8. The van der Waals surface area contributed by atoms with Crippen LogP contribution in [-0.2, 0) is 4.57 Å². The molecule has 166 valence electrons. The van der Waals surface area contributed by atoms with Crippen LogP contribution in [-0.4, -0.2) is 4.92 Å². The number of nitro benzene ring substituents is 1. The predicted molar refractivity (Wildman–Crippen MR) is 128 cm³/mol. The van der Waals surface area contributed by atoms with E-state index in [1.807, 2.05) is 30.3 Å². The average Bonchev–Trinajstić information content (AvgIpc) is 2.84. The Morgan fingerprint density at radius 3 is 1.76 bits per heavy atom. The van der Waals surface area contributed by atoms with E-state index in [9.17, 15) is 14.7 Å². The highest BCUT2D eigenvalue weighted by Gasteiger charge is 2.41. The van der Waals surface area contributed by atoms with Crippen molar-refractivity contribution in [3.05, 3.63) is 131 Å². The molecule has 4 rings (SSSR count). The van der Waals surface area contributed by atoms with Gasteiger partial charge in [-0.05, 0) is 42.0 Å². The van der Waals surface area contributed by atoms with Crippen LogP contribution < -0.4 is 14.4 Å². The van der Waals surface area contributed by atoms with E-state index in [1.54, 1.807) is 72.8 Å². The van der Waals surface area contributed by atoms with Crippen molar-refractivity contribution < 1.29 is 18.5 Å². The van der Waals surface area contributed by atoms with E-state index >= 15 is 0 Å². The van der Waals surface area contributed by atoms with Crippen molar-refractivity contribution in [1.82, 2.24) is 0 Å². The van der Waals surface area contributed by atoms with Crippen molar-refractivity contribution in [2.24, 2.45) is 0 Å². The van der Waals surface area contributed by atoms with E-state index < -0.39 is 18.3 Å². The van der Waals surface area contributed by atoms with Crippen LogP contribution in [0.5, 0.6) is 11.5 Å². The highest BCUT2D eigenvalue weighted by atomic mass is 31.2. The summed E-state index contributed by atoms with van der Waals surface area (Å²) in [5.41, 5.74) is 0.920. The molecule has 0 fully saturated rings. The quantitative estimate of drug-likeness (QED) is 0.163. The molecule has 0 radical (unpaired) electrons. The first-order chi connectivity index (χ1) is 16.0. The Kier molecular flexibility index (Phi) is 6.72. The zero-order chi connectivity index (χ0) is 23.1. The molecule has 33 heavy (non-hydrogen) atoms. The van der Waals surface area contributed by atoms with Crippen LogP contribution in [0, 0.1) is 10.1 Å². The van der Waals surface area contributed by atoms with Gasteiger partial charge in [0.05, 0.1) is 4.92 Å². The number of nitrogens with one attached hydrogen (secondary N) is 1. The van der Waals surface area contributed by atoms with Crippen LogP contribution in [0.15, 0.2) is 115 Å². The monoisotopic (exact) mass is 460 g/mol. The van der Waals surface area contributed by atoms with E-state index in [4.69, 9.17) is 9.05 Å². The van der Waals surface area contributed by atoms with Crippen molar-refractivity contribution in [1.29, 1.82) is 0 Å². The minimum atomic E-state index is -4.04. The van der Waals surface area contributed by atoms with Gasteiger partial charge in [0.2, 0.25) is 0 Å². The number of nitrogens with zero attached hydrogens (tertiary/aromatic N) is 1. The lowest BCUT2D eigenvalue weighted by molar-refractivity contribution is -0.384. The van der Waals surface area contributed by atoms with Gasteiger partial charge in [-0.1, -0.05) is 66.7 Å². The fraction of sp³-hybridized carbons (Fsp3) is 0.0400. The Morgan fingerprint density at radius 2 is 1.24 bits per heavy atom. The summed E-state index contributed by atoms with van der Waals surface area (Å²) in [4.78, 5) is 10.9. The van der Waals surface area contributed by atoms with E-state index in [2.05, 4.69) is 5.32 Å². The molecule has 4 aromatic rings. The second-order valence-corrected chi connectivity index (χ2v) is 9.07. The first kappa shape index (κ1) is 22.1. The van der Waals surface area contributed by atoms with Crippen molar-refractivity contribution in [3.63, 3.8) is 0 Å². The third-order valence-electron chi connectivity index (χ3n) is 4.74. The van der Waals surface area contributed by atoms with Crippen LogP contribution in [0.4, 0.5) is 11.4 Å². The Hall–Kier alpha value is -4.09. The fourth-order valence-corrected chi connectivity index (χ4v) is 5.14. The summed E-state index contributed by atoms with van der Waals surface area (Å²) in [6.07, 6.45) is 0. The molecule has 0 spiro atoms. The van der Waals surface area contributed by atoms with Gasteiger partial charge in [-0.2, -0.15) is 0 Å². The van der Waals surface area contributed by atoms with Crippen LogP contribution in [0.25, 0.3) is 0 Å². The molecule has 0 aromatic heterocycles. The van der Waals surface area contributed by atoms with Crippen LogP contribution in [0.2, 0.25) is 0 Å². The molecule has 0 aliphatic rings. The maximum atomic E-state index is 14.5. The van der Waals surface area contributed by atoms with Crippen molar-refractivity contribution in [2.45, 2.75) is 5.78 Å². The third kappa shape index (κ3) is 5.59. The lowest BCUT2D eigenvalue weighted by atomic mass is 10.2. The van der Waals surface area contributed by atoms with Gasteiger partial charge in [-0.3, -0.25) is 10.1 Å². The Balaban J connectivity index is 1.83. The maximum Gasteiger partial charge on any atom is 0.457 e. The van der Waals surface area contributed by atoms with Gasteiger partial charge >= 0.3 is 7.60 Å². The number of non-ortho nitro benzene ring substituents is 1. The molecule has 0 aliphatic carbocycles. The second-order valence-electron chi connectivity index (χ2n) is 7.11. The van der Waals surface area contributed by atoms with Crippen molar-refractivity contribution in [3.8, 4) is 11.5 Å². The molecular formula is C25H21N2O5P. The molecule has 0 heterocycles. The number of rotatable bonds is 9. The number of anilines is 1. The Morgan fingerprint density at radius 1 is 0.727 bits per heavy atom. The summed E-state index contributed by atoms with van der Waals surface area (Å²) in [6.45, 7) is 0. The highest BCUT2D eigenvalue weighted by molar-refractivity contribution is 7.55. The van der Waals surface area contributed by atoms with Gasteiger partial charge in [-0.15, -0.1) is 0 Å². The van der Waals surface area contributed by atoms with Crippen molar-refractivity contribution in [2.75, 3.05) is 5.32 Å². The summed E-state index contributed by atoms with van der Waals surface area (Å²) < 4.78 is 26.5. The molecule has 8 heteroatoms. The summed E-state index contributed by atoms with van der Waals surface area (Å²) in [6, 6.07) is 32.4. The Bertz CT molecular complexity index is 1210. The largest absolute Gasteiger partial charge is 0.457 e. The van der Waals surface area contributed by atoms with E-state index in [0.29, 0.717) is 22.7 Å². The molecule has 7 nitrogen and oxygen atoms in total. The van der Waals surface area contributed by atoms with Gasteiger partial charge < -0.3 is 14.4 Å². The lowest BCUT2D eigenvalue weighted by Crippen LogP contribution is -2.18. The predicted octanol–water partition coefficient (Wildman–Crippen LogP) is 7.06. The number of hydrogen-bond acceptors (Lipinski definition) is 6. The smallest absolute Gasteiger partial charge is 0.414 e. The number of nitro groups is 1. The molecule has 1 atom stereocenters. The maximum absolute atomic E-state index is 14.5. The normalized spacial score (nSPS) is 11.9. The Labute approximate surface area is 191 Å². The van der Waals surface area contributed by atoms with Gasteiger partial charge in [0.15, 0.2) is 5.78 Å². The molecule has 0 bridgehead atoms. The number of para-hydroxylation sites is 3. The molecule has 0 saturated heterocycles. The van der Waals surface area contributed by atoms with Gasteiger partial charge in [0.25, 0.3) is 5.69 Å². The number of benzene rings is 4. The molecule has 0 amide bonds. The first-order valence-electron chi connectivity index (χ1n) is 10.2. The molecule has 1 unspecified atom stereocenters. The van der Waals surface area contributed by atoms with Crippen molar-refractivity contribution >= 4 is 19.0 Å². The minimum absolute atomic E-state index is 0.127. The fourth-order valence-electron chi connectivity index (χ4n) is 3.23. The molecule has 0 aliphatic heterocycles. The number of hydrogen-bond donors (Lipinski definition) is 1. The van der Waals surface area contributed by atoms with Crippen LogP contribution in [0.1, 0.15) is 11.3 Å². The summed E-state index contributed by atoms with van der Waals surface area (Å²) in [5.74, 6) is -0.343. The second kappa shape index (κ2) is 10.0. The molecule has 0 saturated carbocycles. The van der Waals surface area contributed by atoms with Gasteiger partial charge in [0.1, 0.15) is 11.5 Å². The van der Waals surface area contributed by atoms with Gasteiger partial charge in [0, 0.05) is 17.8 Å². The van der Waals surface area contributed by atoms with Crippen LogP contribution in [0.3, 0.4) is 0 Å². The zero-order valence-corrected chi connectivity index (χ0v) is 18.4. The summed E-state index contributed by atoms with van der Waals surface area (Å²) >= 11 is 0. The average molecular weight is 460 g/mol. The van der Waals surface area contributed by atoms with Crippen LogP contribution >= 0.6 is 7.60 Å². The van der Waals surface area contributed by atoms with Gasteiger partial charge in [-0.25, -0.2) is 4.57 Å². The summed E-state index contributed by atoms with van der Waals surface area (Å²) in [5, 5.41) is 14.6. The SMILES string of the molecule is O=[N+]([O-])c1cccc(C(Nc2ccccc2)P(=O)(Oc2ccccc2)Oc2ccccc2)c1. The molecule has 4 aromatic carbocycles. The third-order valence-corrected chi connectivity index (χ3v) is 6.73. The minimum Gasteiger partial charge on any atom is -0.414 e. The molecular weight excluding hydrogens is 439 g/mol. The topological polar surface area (TPSA) is 90.7 Å². The zero-order valence-electron chi connectivity index (χ0n) is 17.5. The lowest BCUT2D eigenvalue weighted by Gasteiger charge is -2.29. The van der Waals surface area contributed by atoms with E-state index in [-0.39, 0.29) is 5.69 Å². The highest BCUT2D eigenvalue weighted by Crippen LogP contribution is 2.60. The summed E-state index contributed by atoms with van der Waals surface area (Å²) in [7, 11) is -4.04. The molecule has 1 N–H and O–H groups in total. The van der Waals surface area contributed by atoms with E-state index in [0.717, 1.165) is 0 Å². The van der Waals surface area contributed by atoms with E-state index in [1.165, 1.54) is 12.1 Å². The standard InChI is InChI=1S/C25H21N2O5P/c28-27(29)22-14-10-11-20(19-22)25(26-21-12-4-1-5-13-21)33(30,31-23-15-6-2-7-16-23)32-24-17-8-3-9-18-24/h1-19,25-26H.